The van der Waals surface area contributed by atoms with E-state index in [0.29, 0.717) is 25.8 Å². The van der Waals surface area contributed by atoms with E-state index >= 15 is 0 Å². The first-order valence-corrected chi connectivity index (χ1v) is 7.53. The number of aliphatic hydroxyl groups is 1. The van der Waals surface area contributed by atoms with Crippen LogP contribution in [0, 0.1) is 5.92 Å². The van der Waals surface area contributed by atoms with E-state index in [2.05, 4.69) is 5.32 Å². The maximum atomic E-state index is 12.3. The fourth-order valence-electron chi connectivity index (χ4n) is 2.53. The Bertz CT molecular complexity index is 429. The number of nitrogens with zero attached hydrogens (tertiary/aromatic N) is 1. The van der Waals surface area contributed by atoms with Gasteiger partial charge in [0.15, 0.2) is 0 Å². The third-order valence-electron chi connectivity index (χ3n) is 4.13. The third kappa shape index (κ3) is 4.17. The summed E-state index contributed by atoms with van der Waals surface area (Å²) in [6.45, 7) is 3.48. The molecule has 22 heavy (non-hydrogen) atoms. The first-order chi connectivity index (χ1) is 10.3. The molecule has 0 saturated carbocycles. The predicted octanol–water partition coefficient (Wildman–Crippen LogP) is -1.09. The summed E-state index contributed by atoms with van der Waals surface area (Å²) in [7, 11) is 0. The highest BCUT2D eigenvalue weighted by molar-refractivity contribution is 5.92. The number of hydrogen-bond acceptors (Lipinski definition) is 5. The highest BCUT2D eigenvalue weighted by Gasteiger charge is 2.38. The molecule has 1 fully saturated rings. The quantitative estimate of drug-likeness (QED) is 0.472. The van der Waals surface area contributed by atoms with Crippen molar-refractivity contribution in [3.63, 3.8) is 0 Å². The van der Waals surface area contributed by atoms with E-state index in [1.54, 1.807) is 6.92 Å². The third-order valence-corrected chi connectivity index (χ3v) is 4.13. The largest absolute Gasteiger partial charge is 0.480 e. The summed E-state index contributed by atoms with van der Waals surface area (Å²) < 4.78 is 0. The maximum Gasteiger partial charge on any atom is 0.326 e. The zero-order valence-corrected chi connectivity index (χ0v) is 13.0. The van der Waals surface area contributed by atoms with Crippen molar-refractivity contribution in [3.05, 3.63) is 0 Å². The van der Waals surface area contributed by atoms with Gasteiger partial charge in [0.05, 0.1) is 6.61 Å². The van der Waals surface area contributed by atoms with Crippen LogP contribution < -0.4 is 11.1 Å². The van der Waals surface area contributed by atoms with Crippen LogP contribution >= 0.6 is 0 Å². The van der Waals surface area contributed by atoms with Gasteiger partial charge >= 0.3 is 5.97 Å². The SMILES string of the molecule is CCC(C)C(NC(=O)C1CCCN1C(=O)C(N)CO)C(=O)O. The van der Waals surface area contributed by atoms with Crippen molar-refractivity contribution in [1.29, 1.82) is 0 Å². The van der Waals surface area contributed by atoms with Crippen LogP contribution in [0.25, 0.3) is 0 Å². The molecular formula is C14H25N3O5. The van der Waals surface area contributed by atoms with Crippen LogP contribution in [0.4, 0.5) is 0 Å². The van der Waals surface area contributed by atoms with E-state index in [9.17, 15) is 19.5 Å². The molecule has 1 aliphatic heterocycles. The molecule has 0 bridgehead atoms. The molecule has 0 aromatic carbocycles. The number of nitrogens with two attached hydrogens (primary N) is 1. The highest BCUT2D eigenvalue weighted by atomic mass is 16.4. The number of rotatable bonds is 7. The molecule has 0 radical (unpaired) electrons. The van der Waals surface area contributed by atoms with E-state index in [0.717, 1.165) is 0 Å². The van der Waals surface area contributed by atoms with E-state index in [-0.39, 0.29) is 5.92 Å². The van der Waals surface area contributed by atoms with Crippen molar-refractivity contribution in [3.8, 4) is 0 Å². The second kappa shape index (κ2) is 8.09. The Morgan fingerprint density at radius 2 is 2.05 bits per heavy atom. The van der Waals surface area contributed by atoms with Gasteiger partial charge in [-0.3, -0.25) is 9.59 Å². The van der Waals surface area contributed by atoms with Gasteiger partial charge in [-0.15, -0.1) is 0 Å². The van der Waals surface area contributed by atoms with Gasteiger partial charge in [-0.2, -0.15) is 0 Å². The van der Waals surface area contributed by atoms with Crippen LogP contribution in [0.15, 0.2) is 0 Å². The fraction of sp³-hybridized carbons (Fsp3) is 0.786. The first kappa shape index (κ1) is 18.4. The lowest BCUT2D eigenvalue weighted by Gasteiger charge is -2.28. The molecule has 5 N–H and O–H groups in total. The Hall–Kier alpha value is -1.67. The van der Waals surface area contributed by atoms with Crippen molar-refractivity contribution < 1.29 is 24.6 Å². The molecule has 2 amide bonds. The fourth-order valence-corrected chi connectivity index (χ4v) is 2.53. The number of aliphatic carboxylic acids is 1. The number of carboxylic acids is 1. The van der Waals surface area contributed by atoms with Gasteiger partial charge < -0.3 is 26.2 Å². The Labute approximate surface area is 129 Å². The second-order valence-corrected chi connectivity index (χ2v) is 5.69. The van der Waals surface area contributed by atoms with E-state index in [1.165, 1.54) is 4.90 Å². The molecule has 4 unspecified atom stereocenters. The molecule has 1 rings (SSSR count). The van der Waals surface area contributed by atoms with Gasteiger partial charge in [0.1, 0.15) is 18.1 Å². The van der Waals surface area contributed by atoms with E-state index in [1.807, 2.05) is 6.92 Å². The molecule has 0 aliphatic carbocycles. The average molecular weight is 315 g/mol. The normalized spacial score (nSPS) is 22.0. The molecule has 8 heteroatoms. The summed E-state index contributed by atoms with van der Waals surface area (Å²) >= 11 is 0. The molecule has 1 aliphatic rings. The zero-order chi connectivity index (χ0) is 16.9. The van der Waals surface area contributed by atoms with Crippen LogP contribution in [0.3, 0.4) is 0 Å². The van der Waals surface area contributed by atoms with Gasteiger partial charge in [-0.25, -0.2) is 4.79 Å². The molecule has 0 aromatic rings. The van der Waals surface area contributed by atoms with Crippen LogP contribution in [0.2, 0.25) is 0 Å². The van der Waals surface area contributed by atoms with Gasteiger partial charge in [0, 0.05) is 6.54 Å². The predicted molar refractivity (Wildman–Crippen MR) is 78.8 cm³/mol. The number of carboxylic acid groups (broad SMARTS) is 1. The lowest BCUT2D eigenvalue weighted by atomic mass is 9.98. The number of aliphatic hydroxyl groups excluding tert-OH is 1. The summed E-state index contributed by atoms with van der Waals surface area (Å²) in [6, 6.07) is -2.77. The van der Waals surface area contributed by atoms with Gasteiger partial charge in [0.2, 0.25) is 11.8 Å². The minimum Gasteiger partial charge on any atom is -0.480 e. The minimum absolute atomic E-state index is 0.216. The van der Waals surface area contributed by atoms with E-state index in [4.69, 9.17) is 10.8 Å². The second-order valence-electron chi connectivity index (χ2n) is 5.69. The van der Waals surface area contributed by atoms with Crippen molar-refractivity contribution in [2.45, 2.75) is 51.2 Å². The zero-order valence-electron chi connectivity index (χ0n) is 13.0. The highest BCUT2D eigenvalue weighted by Crippen LogP contribution is 2.19. The lowest BCUT2D eigenvalue weighted by molar-refractivity contribution is -0.145. The van der Waals surface area contributed by atoms with Gasteiger partial charge in [-0.05, 0) is 18.8 Å². The number of carbonyl (C=O) groups is 3. The lowest BCUT2D eigenvalue weighted by Crippen LogP contribution is -2.55. The summed E-state index contributed by atoms with van der Waals surface area (Å²) in [5.74, 6) is -2.28. The standard InChI is InChI=1S/C14H25N3O5/c1-3-8(2)11(14(21)22)16-12(19)10-5-4-6-17(10)13(20)9(15)7-18/h8-11,18H,3-7,15H2,1-2H3,(H,16,19)(H,21,22). The topological polar surface area (TPSA) is 133 Å². The number of hydrogen-bond donors (Lipinski definition) is 4. The van der Waals surface area contributed by atoms with Crippen molar-refractivity contribution in [2.75, 3.05) is 13.2 Å². The van der Waals surface area contributed by atoms with Crippen LogP contribution in [-0.2, 0) is 14.4 Å². The summed E-state index contributed by atoms with van der Waals surface area (Å²) in [6.07, 6.45) is 1.71. The molecule has 126 valence electrons. The van der Waals surface area contributed by atoms with Crippen molar-refractivity contribution in [2.24, 2.45) is 11.7 Å². The van der Waals surface area contributed by atoms with Crippen LogP contribution in [0.5, 0.6) is 0 Å². The number of amides is 2. The smallest absolute Gasteiger partial charge is 0.326 e. The Morgan fingerprint density at radius 3 is 2.55 bits per heavy atom. The van der Waals surface area contributed by atoms with Gasteiger partial charge in [-0.1, -0.05) is 20.3 Å². The Morgan fingerprint density at radius 1 is 1.41 bits per heavy atom. The first-order valence-electron chi connectivity index (χ1n) is 7.53. The molecule has 0 spiro atoms. The molecule has 4 atom stereocenters. The Kier molecular flexibility index (Phi) is 6.76. The monoisotopic (exact) mass is 315 g/mol. The van der Waals surface area contributed by atoms with Crippen molar-refractivity contribution >= 4 is 17.8 Å². The van der Waals surface area contributed by atoms with Crippen LogP contribution in [0.1, 0.15) is 33.1 Å². The Balaban J connectivity index is 2.78. The van der Waals surface area contributed by atoms with Gasteiger partial charge in [0.25, 0.3) is 0 Å². The molecule has 1 heterocycles. The average Bonchev–Trinajstić information content (AvgIpc) is 2.99. The molecule has 8 nitrogen and oxygen atoms in total. The minimum atomic E-state index is -1.09. The van der Waals surface area contributed by atoms with E-state index < -0.39 is 42.5 Å². The number of likely N-dealkylation sites (tertiary alicyclic amines) is 1. The summed E-state index contributed by atoms with van der Waals surface area (Å²) in [5, 5.41) is 20.7. The summed E-state index contributed by atoms with van der Waals surface area (Å²) in [4.78, 5) is 37.0. The molecule has 0 aromatic heterocycles. The number of nitrogens with one attached hydrogen (secondary N) is 1. The summed E-state index contributed by atoms with van der Waals surface area (Å²) in [5.41, 5.74) is 5.51. The molecular weight excluding hydrogens is 290 g/mol. The maximum absolute atomic E-state index is 12.3. The number of carbonyl (C=O) groups excluding carboxylic acids is 2. The van der Waals surface area contributed by atoms with Crippen LogP contribution in [-0.4, -0.2) is 64.2 Å². The molecule has 1 saturated heterocycles. The van der Waals surface area contributed by atoms with Crippen molar-refractivity contribution in [1.82, 2.24) is 10.2 Å².